The molecule has 0 bridgehead atoms. The molecule has 0 spiro atoms. The highest BCUT2D eigenvalue weighted by molar-refractivity contribution is 5.67. The van der Waals surface area contributed by atoms with Crippen molar-refractivity contribution in [1.29, 1.82) is 0 Å². The summed E-state index contributed by atoms with van der Waals surface area (Å²) in [6.07, 6.45) is 6.74. The fourth-order valence-corrected chi connectivity index (χ4v) is 4.79. The molecule has 3 aliphatic rings. The Morgan fingerprint density at radius 3 is 3.15 bits per heavy atom. The normalized spacial score (nSPS) is 31.6. The predicted molar refractivity (Wildman–Crippen MR) is 84.5 cm³/mol. The van der Waals surface area contributed by atoms with Crippen LogP contribution in [0, 0.1) is 5.92 Å². The standard InChI is InChI=1S/C18H26N2/c1-2-4-13-8-10-20-17-7-9-19-12-16(17)15-6-3-5-14(11-13)18(15)20/h3,5-6,13,16-17,19H,2,4,7-12H2,1H3. The van der Waals surface area contributed by atoms with Crippen molar-refractivity contribution < 1.29 is 0 Å². The van der Waals surface area contributed by atoms with Crippen LogP contribution in [0.5, 0.6) is 0 Å². The van der Waals surface area contributed by atoms with Gasteiger partial charge in [0.05, 0.1) is 0 Å². The molecule has 3 aliphatic heterocycles. The Morgan fingerprint density at radius 2 is 2.25 bits per heavy atom. The van der Waals surface area contributed by atoms with Crippen LogP contribution in [0.25, 0.3) is 0 Å². The lowest BCUT2D eigenvalue weighted by Gasteiger charge is -2.34. The Bertz CT molecular complexity index is 496. The SMILES string of the molecule is CCCC1CCN2c3c(cccc3C3CNCCC32)C1. The Kier molecular flexibility index (Phi) is 3.22. The van der Waals surface area contributed by atoms with Crippen LogP contribution in [0.4, 0.5) is 5.69 Å². The van der Waals surface area contributed by atoms with Gasteiger partial charge in [0.1, 0.15) is 0 Å². The number of piperidine rings is 1. The number of nitrogens with zero attached hydrogens (tertiary/aromatic N) is 1. The average Bonchev–Trinajstić information content (AvgIpc) is 2.68. The summed E-state index contributed by atoms with van der Waals surface area (Å²) in [5, 5.41) is 3.60. The highest BCUT2D eigenvalue weighted by Gasteiger charge is 2.41. The van der Waals surface area contributed by atoms with Gasteiger partial charge in [-0.05, 0) is 42.9 Å². The number of rotatable bonds is 2. The average molecular weight is 270 g/mol. The summed E-state index contributed by atoms with van der Waals surface area (Å²) < 4.78 is 0. The van der Waals surface area contributed by atoms with E-state index >= 15 is 0 Å². The van der Waals surface area contributed by atoms with Crippen LogP contribution in [0.15, 0.2) is 18.2 Å². The van der Waals surface area contributed by atoms with E-state index in [1.807, 2.05) is 0 Å². The maximum absolute atomic E-state index is 3.60. The molecule has 3 atom stereocenters. The van der Waals surface area contributed by atoms with Gasteiger partial charge in [0.2, 0.25) is 0 Å². The van der Waals surface area contributed by atoms with Crippen LogP contribution in [-0.4, -0.2) is 25.7 Å². The van der Waals surface area contributed by atoms with Crippen molar-refractivity contribution in [3.8, 4) is 0 Å². The molecule has 1 aromatic rings. The first-order valence-corrected chi connectivity index (χ1v) is 8.47. The van der Waals surface area contributed by atoms with E-state index in [1.165, 1.54) is 51.7 Å². The molecule has 2 nitrogen and oxygen atoms in total. The van der Waals surface area contributed by atoms with Crippen molar-refractivity contribution in [2.45, 2.75) is 51.0 Å². The first kappa shape index (κ1) is 12.7. The molecule has 0 amide bonds. The smallest absolute Gasteiger partial charge is 0.0438 e. The van der Waals surface area contributed by atoms with E-state index in [1.54, 1.807) is 16.8 Å². The zero-order valence-electron chi connectivity index (χ0n) is 12.6. The molecule has 3 unspecified atom stereocenters. The quantitative estimate of drug-likeness (QED) is 0.887. The summed E-state index contributed by atoms with van der Waals surface area (Å²) in [5.74, 6) is 1.64. The first-order chi connectivity index (χ1) is 9.88. The molecular formula is C18H26N2. The van der Waals surface area contributed by atoms with E-state index in [0.717, 1.165) is 17.9 Å². The number of para-hydroxylation sites is 1. The molecule has 2 heteroatoms. The second kappa shape index (κ2) is 5.07. The van der Waals surface area contributed by atoms with Crippen molar-refractivity contribution in [3.05, 3.63) is 29.3 Å². The summed E-state index contributed by atoms with van der Waals surface area (Å²) >= 11 is 0. The Hall–Kier alpha value is -1.02. The second-order valence-corrected chi connectivity index (χ2v) is 6.86. The van der Waals surface area contributed by atoms with E-state index in [-0.39, 0.29) is 0 Å². The molecule has 108 valence electrons. The molecule has 3 heterocycles. The number of hydrogen-bond donors (Lipinski definition) is 1. The van der Waals surface area contributed by atoms with Gasteiger partial charge in [-0.15, -0.1) is 0 Å². The topological polar surface area (TPSA) is 15.3 Å². The number of benzene rings is 1. The third-order valence-corrected chi connectivity index (χ3v) is 5.67. The number of fused-ring (bicyclic) bond motifs is 3. The zero-order valence-corrected chi connectivity index (χ0v) is 12.6. The highest BCUT2D eigenvalue weighted by atomic mass is 15.2. The first-order valence-electron chi connectivity index (χ1n) is 8.47. The van der Waals surface area contributed by atoms with Crippen LogP contribution >= 0.6 is 0 Å². The zero-order chi connectivity index (χ0) is 13.5. The van der Waals surface area contributed by atoms with Crippen LogP contribution in [-0.2, 0) is 6.42 Å². The molecule has 0 aromatic heterocycles. The summed E-state index contributed by atoms with van der Waals surface area (Å²) in [4.78, 5) is 2.78. The minimum atomic E-state index is 0.737. The van der Waals surface area contributed by atoms with Crippen molar-refractivity contribution >= 4 is 5.69 Å². The third kappa shape index (κ3) is 1.88. The van der Waals surface area contributed by atoms with Crippen LogP contribution in [0.3, 0.4) is 0 Å². The molecule has 0 radical (unpaired) electrons. The van der Waals surface area contributed by atoms with Crippen molar-refractivity contribution in [3.63, 3.8) is 0 Å². The van der Waals surface area contributed by atoms with E-state index in [9.17, 15) is 0 Å². The van der Waals surface area contributed by atoms with Crippen molar-refractivity contribution in [2.75, 3.05) is 24.5 Å². The lowest BCUT2D eigenvalue weighted by atomic mass is 9.87. The molecule has 1 saturated heterocycles. The molecule has 0 saturated carbocycles. The molecule has 0 aliphatic carbocycles. The molecule has 1 N–H and O–H groups in total. The monoisotopic (exact) mass is 270 g/mol. The summed E-state index contributed by atoms with van der Waals surface area (Å²) in [7, 11) is 0. The van der Waals surface area contributed by atoms with Gasteiger partial charge in [-0.2, -0.15) is 0 Å². The Balaban J connectivity index is 1.74. The second-order valence-electron chi connectivity index (χ2n) is 6.86. The van der Waals surface area contributed by atoms with Crippen LogP contribution < -0.4 is 10.2 Å². The van der Waals surface area contributed by atoms with E-state index < -0.39 is 0 Å². The van der Waals surface area contributed by atoms with Gasteiger partial charge >= 0.3 is 0 Å². The van der Waals surface area contributed by atoms with Gasteiger partial charge in [-0.1, -0.05) is 38.0 Å². The molecule has 4 rings (SSSR count). The molecule has 20 heavy (non-hydrogen) atoms. The summed E-state index contributed by atoms with van der Waals surface area (Å²) in [5.41, 5.74) is 4.90. The summed E-state index contributed by atoms with van der Waals surface area (Å²) in [6, 6.07) is 7.86. The van der Waals surface area contributed by atoms with Crippen molar-refractivity contribution in [1.82, 2.24) is 5.32 Å². The lowest BCUT2D eigenvalue weighted by Crippen LogP contribution is -2.44. The molecule has 1 aromatic carbocycles. The van der Waals surface area contributed by atoms with E-state index in [0.29, 0.717) is 0 Å². The predicted octanol–water partition coefficient (Wildman–Crippen LogP) is 3.31. The number of anilines is 1. The van der Waals surface area contributed by atoms with E-state index in [4.69, 9.17) is 0 Å². The molecule has 1 fully saturated rings. The maximum atomic E-state index is 3.60. The fraction of sp³-hybridized carbons (Fsp3) is 0.667. The van der Waals surface area contributed by atoms with E-state index in [2.05, 4.69) is 35.3 Å². The van der Waals surface area contributed by atoms with Gasteiger partial charge in [0.15, 0.2) is 0 Å². The lowest BCUT2D eigenvalue weighted by molar-refractivity contribution is 0.387. The van der Waals surface area contributed by atoms with Gasteiger partial charge in [0.25, 0.3) is 0 Å². The number of nitrogens with one attached hydrogen (secondary N) is 1. The maximum Gasteiger partial charge on any atom is 0.0438 e. The van der Waals surface area contributed by atoms with Crippen LogP contribution in [0.2, 0.25) is 0 Å². The van der Waals surface area contributed by atoms with Crippen molar-refractivity contribution in [2.24, 2.45) is 5.92 Å². The van der Waals surface area contributed by atoms with Gasteiger partial charge in [-0.25, -0.2) is 0 Å². The number of hydrogen-bond acceptors (Lipinski definition) is 2. The highest BCUT2D eigenvalue weighted by Crippen LogP contribution is 2.47. The Labute approximate surface area is 122 Å². The Morgan fingerprint density at radius 1 is 1.30 bits per heavy atom. The largest absolute Gasteiger partial charge is 0.367 e. The third-order valence-electron chi connectivity index (χ3n) is 5.67. The van der Waals surface area contributed by atoms with Crippen LogP contribution in [0.1, 0.15) is 49.7 Å². The van der Waals surface area contributed by atoms with Gasteiger partial charge in [-0.3, -0.25) is 0 Å². The fourth-order valence-electron chi connectivity index (χ4n) is 4.79. The summed E-state index contributed by atoms with van der Waals surface area (Å²) in [6.45, 7) is 5.99. The van der Waals surface area contributed by atoms with Gasteiger partial charge < -0.3 is 10.2 Å². The minimum Gasteiger partial charge on any atom is -0.367 e. The molecular weight excluding hydrogens is 244 g/mol. The van der Waals surface area contributed by atoms with Gasteiger partial charge in [0, 0.05) is 30.7 Å². The minimum absolute atomic E-state index is 0.737.